The number of thiazole rings is 1. The van der Waals surface area contributed by atoms with E-state index in [9.17, 15) is 14.9 Å². The number of rotatable bonds is 4. The van der Waals surface area contributed by atoms with Crippen molar-refractivity contribution in [1.82, 2.24) is 4.98 Å². The average molecular weight is 339 g/mol. The second-order valence-electron chi connectivity index (χ2n) is 5.16. The third-order valence-electron chi connectivity index (χ3n) is 3.31. The largest absolute Gasteiger partial charge is 0.298 e. The topological polar surface area (TPSA) is 85.1 Å². The normalized spacial score (nSPS) is 11.0. The second-order valence-corrected chi connectivity index (χ2v) is 6.19. The maximum Gasteiger partial charge on any atom is 0.269 e. The van der Waals surface area contributed by atoms with Crippen LogP contribution in [0.2, 0.25) is 0 Å². The standard InChI is InChI=1S/C17H13N3O3S/c1-11-2-8-14-15(10-11)24-17(18-14)19-16(21)9-5-12-3-6-13(7-4-12)20(22)23/h2-10H,1H3,(H,18,19,21)/b9-5+. The van der Waals surface area contributed by atoms with Crippen molar-refractivity contribution in [2.75, 3.05) is 5.32 Å². The van der Waals surface area contributed by atoms with Gasteiger partial charge in [0.1, 0.15) is 0 Å². The number of carbonyl (C=O) groups is 1. The highest BCUT2D eigenvalue weighted by Gasteiger charge is 2.06. The second kappa shape index (κ2) is 6.59. The van der Waals surface area contributed by atoms with E-state index >= 15 is 0 Å². The van der Waals surface area contributed by atoms with Crippen molar-refractivity contribution in [3.8, 4) is 0 Å². The van der Waals surface area contributed by atoms with Gasteiger partial charge < -0.3 is 0 Å². The number of anilines is 1. The Morgan fingerprint density at radius 1 is 1.25 bits per heavy atom. The van der Waals surface area contributed by atoms with E-state index in [0.717, 1.165) is 15.8 Å². The highest BCUT2D eigenvalue weighted by molar-refractivity contribution is 7.22. The van der Waals surface area contributed by atoms with Crippen LogP contribution in [0.4, 0.5) is 10.8 Å². The van der Waals surface area contributed by atoms with Gasteiger partial charge in [-0.25, -0.2) is 4.98 Å². The van der Waals surface area contributed by atoms with Crippen LogP contribution in [0.15, 0.2) is 48.5 Å². The molecule has 3 rings (SSSR count). The summed E-state index contributed by atoms with van der Waals surface area (Å²) in [5.74, 6) is -0.302. The predicted octanol–water partition coefficient (Wildman–Crippen LogP) is 4.16. The van der Waals surface area contributed by atoms with Crippen LogP contribution in [0.25, 0.3) is 16.3 Å². The van der Waals surface area contributed by atoms with Crippen LogP contribution in [0, 0.1) is 17.0 Å². The Balaban J connectivity index is 1.68. The Bertz CT molecular complexity index is 945. The average Bonchev–Trinajstić information content (AvgIpc) is 2.94. The molecule has 0 fully saturated rings. The molecule has 1 N–H and O–H groups in total. The van der Waals surface area contributed by atoms with E-state index in [-0.39, 0.29) is 11.6 Å². The zero-order valence-corrected chi connectivity index (χ0v) is 13.5. The fourth-order valence-corrected chi connectivity index (χ4v) is 3.08. The van der Waals surface area contributed by atoms with Gasteiger partial charge in [0.15, 0.2) is 5.13 Å². The summed E-state index contributed by atoms with van der Waals surface area (Å²) in [6.07, 6.45) is 2.97. The summed E-state index contributed by atoms with van der Waals surface area (Å²) in [5, 5.41) is 13.9. The maximum atomic E-state index is 12.0. The molecule has 0 aliphatic heterocycles. The van der Waals surface area contributed by atoms with E-state index < -0.39 is 4.92 Å². The number of non-ortho nitro benzene ring substituents is 1. The summed E-state index contributed by atoms with van der Waals surface area (Å²) in [5.41, 5.74) is 2.71. The zero-order chi connectivity index (χ0) is 17.1. The summed E-state index contributed by atoms with van der Waals surface area (Å²) in [4.78, 5) is 26.5. The first kappa shape index (κ1) is 15.8. The van der Waals surface area contributed by atoms with Crippen molar-refractivity contribution in [2.24, 2.45) is 0 Å². The number of amides is 1. The number of nitro groups is 1. The van der Waals surface area contributed by atoms with Crippen molar-refractivity contribution in [3.63, 3.8) is 0 Å². The van der Waals surface area contributed by atoms with Gasteiger partial charge >= 0.3 is 0 Å². The number of benzene rings is 2. The molecule has 6 nitrogen and oxygen atoms in total. The molecule has 0 aliphatic carbocycles. The molecule has 2 aromatic carbocycles. The van der Waals surface area contributed by atoms with Gasteiger partial charge in [-0.05, 0) is 48.4 Å². The van der Waals surface area contributed by atoms with E-state index in [4.69, 9.17) is 0 Å². The SMILES string of the molecule is Cc1ccc2nc(NC(=O)/C=C/c3ccc([N+](=O)[O-])cc3)sc2c1. The quantitative estimate of drug-likeness (QED) is 0.439. The number of fused-ring (bicyclic) bond motifs is 1. The molecule has 0 aliphatic rings. The smallest absolute Gasteiger partial charge is 0.269 e. The molecule has 0 bridgehead atoms. The lowest BCUT2D eigenvalue weighted by Gasteiger charge is -1.96. The zero-order valence-electron chi connectivity index (χ0n) is 12.7. The first-order valence-corrected chi connectivity index (χ1v) is 7.93. The Morgan fingerprint density at radius 2 is 2.00 bits per heavy atom. The molecule has 1 aromatic heterocycles. The number of hydrogen-bond acceptors (Lipinski definition) is 5. The van der Waals surface area contributed by atoms with E-state index in [1.54, 1.807) is 18.2 Å². The molecule has 0 radical (unpaired) electrons. The lowest BCUT2D eigenvalue weighted by Crippen LogP contribution is -2.07. The molecule has 120 valence electrons. The van der Waals surface area contributed by atoms with Gasteiger partial charge in [0.2, 0.25) is 5.91 Å². The summed E-state index contributed by atoms with van der Waals surface area (Å²) < 4.78 is 1.02. The molecule has 3 aromatic rings. The van der Waals surface area contributed by atoms with Crippen LogP contribution < -0.4 is 5.32 Å². The van der Waals surface area contributed by atoms with Crippen molar-refractivity contribution < 1.29 is 9.72 Å². The van der Waals surface area contributed by atoms with Gasteiger partial charge in [0, 0.05) is 18.2 Å². The Morgan fingerprint density at radius 3 is 2.71 bits per heavy atom. The Labute approximate surface area is 141 Å². The molecular weight excluding hydrogens is 326 g/mol. The summed E-state index contributed by atoms with van der Waals surface area (Å²) in [6, 6.07) is 11.9. The van der Waals surface area contributed by atoms with Gasteiger partial charge in [-0.2, -0.15) is 0 Å². The van der Waals surface area contributed by atoms with Gasteiger partial charge in [0.25, 0.3) is 5.69 Å². The van der Waals surface area contributed by atoms with Crippen LogP contribution >= 0.6 is 11.3 Å². The van der Waals surface area contributed by atoms with Crippen molar-refractivity contribution >= 4 is 44.4 Å². The third-order valence-corrected chi connectivity index (χ3v) is 4.24. The monoisotopic (exact) mass is 339 g/mol. The molecule has 0 atom stereocenters. The van der Waals surface area contributed by atoms with Gasteiger partial charge in [-0.1, -0.05) is 17.4 Å². The summed E-state index contributed by atoms with van der Waals surface area (Å²) in [7, 11) is 0. The first-order chi connectivity index (χ1) is 11.5. The van der Waals surface area contributed by atoms with Gasteiger partial charge in [0.05, 0.1) is 15.1 Å². The molecule has 0 saturated heterocycles. The predicted molar refractivity (Wildman–Crippen MR) is 95.1 cm³/mol. The molecule has 1 heterocycles. The van der Waals surface area contributed by atoms with Crippen LogP contribution in [0.5, 0.6) is 0 Å². The molecule has 0 spiro atoms. The summed E-state index contributed by atoms with van der Waals surface area (Å²) in [6.45, 7) is 2.00. The van der Waals surface area contributed by atoms with E-state index in [1.165, 1.54) is 29.5 Å². The molecule has 1 amide bonds. The van der Waals surface area contributed by atoms with Crippen LogP contribution in [-0.4, -0.2) is 15.8 Å². The Hall–Kier alpha value is -3.06. The third kappa shape index (κ3) is 3.64. The number of nitrogens with zero attached hydrogens (tertiary/aromatic N) is 2. The number of aryl methyl sites for hydroxylation is 1. The van der Waals surface area contributed by atoms with Crippen molar-refractivity contribution in [2.45, 2.75) is 6.92 Å². The number of nitro benzene ring substituents is 1. The van der Waals surface area contributed by atoms with E-state index in [0.29, 0.717) is 10.7 Å². The lowest BCUT2D eigenvalue weighted by atomic mass is 10.2. The van der Waals surface area contributed by atoms with E-state index in [2.05, 4.69) is 10.3 Å². The first-order valence-electron chi connectivity index (χ1n) is 7.12. The molecule has 24 heavy (non-hydrogen) atoms. The molecule has 0 saturated carbocycles. The minimum atomic E-state index is -0.463. The highest BCUT2D eigenvalue weighted by atomic mass is 32.1. The van der Waals surface area contributed by atoms with Gasteiger partial charge in [-0.3, -0.25) is 20.2 Å². The lowest BCUT2D eigenvalue weighted by molar-refractivity contribution is -0.384. The molecular formula is C17H13N3O3S. The van der Waals surface area contributed by atoms with Crippen LogP contribution in [0.3, 0.4) is 0 Å². The van der Waals surface area contributed by atoms with Crippen LogP contribution in [0.1, 0.15) is 11.1 Å². The number of nitrogens with one attached hydrogen (secondary N) is 1. The fraction of sp³-hybridized carbons (Fsp3) is 0.0588. The minimum Gasteiger partial charge on any atom is -0.298 e. The minimum absolute atomic E-state index is 0.0152. The Kier molecular flexibility index (Phi) is 4.35. The van der Waals surface area contributed by atoms with Crippen molar-refractivity contribution in [1.29, 1.82) is 0 Å². The maximum absolute atomic E-state index is 12.0. The van der Waals surface area contributed by atoms with Crippen molar-refractivity contribution in [3.05, 3.63) is 69.8 Å². The van der Waals surface area contributed by atoms with E-state index in [1.807, 2.05) is 25.1 Å². The highest BCUT2D eigenvalue weighted by Crippen LogP contribution is 2.26. The fourth-order valence-electron chi connectivity index (χ4n) is 2.11. The molecule has 7 heteroatoms. The summed E-state index contributed by atoms with van der Waals surface area (Å²) >= 11 is 1.41. The molecule has 0 unspecified atom stereocenters. The number of aromatic nitrogens is 1. The van der Waals surface area contributed by atoms with Crippen LogP contribution in [-0.2, 0) is 4.79 Å². The number of hydrogen-bond donors (Lipinski definition) is 1. The number of carbonyl (C=O) groups excluding carboxylic acids is 1. The van der Waals surface area contributed by atoms with Gasteiger partial charge in [-0.15, -0.1) is 0 Å².